The first-order valence-corrected chi connectivity index (χ1v) is 5.27. The monoisotopic (exact) mass is 282 g/mol. The van der Waals surface area contributed by atoms with Crippen LogP contribution in [-0.2, 0) is 6.18 Å². The topological polar surface area (TPSA) is 61.6 Å². The number of hydrogen-bond acceptors (Lipinski definition) is 4. The van der Waals surface area contributed by atoms with Gasteiger partial charge in [0, 0.05) is 11.9 Å². The highest BCUT2D eigenvalue weighted by molar-refractivity contribution is 5.55. The van der Waals surface area contributed by atoms with Gasteiger partial charge in [-0.1, -0.05) is 0 Å². The van der Waals surface area contributed by atoms with Crippen LogP contribution in [0.25, 0.3) is 0 Å². The molecular weight excluding hydrogens is 276 g/mol. The molecule has 1 aromatic carbocycles. The van der Waals surface area contributed by atoms with E-state index in [4.69, 9.17) is 5.26 Å². The third-order valence-electron chi connectivity index (χ3n) is 2.30. The fourth-order valence-electron chi connectivity index (χ4n) is 1.43. The zero-order valence-corrected chi connectivity index (χ0v) is 9.74. The van der Waals surface area contributed by atoms with Gasteiger partial charge in [0.25, 0.3) is 0 Å². The van der Waals surface area contributed by atoms with Crippen LogP contribution in [0.4, 0.5) is 29.2 Å². The molecule has 0 aliphatic heterocycles. The average Bonchev–Trinajstić information content (AvgIpc) is 2.40. The van der Waals surface area contributed by atoms with Gasteiger partial charge in [-0.2, -0.15) is 18.4 Å². The third kappa shape index (κ3) is 3.00. The summed E-state index contributed by atoms with van der Waals surface area (Å²) in [6, 6.07) is 5.53. The quantitative estimate of drug-likeness (QED) is 0.859. The van der Waals surface area contributed by atoms with E-state index in [1.807, 2.05) is 0 Å². The minimum atomic E-state index is -4.79. The van der Waals surface area contributed by atoms with Gasteiger partial charge in [0.15, 0.2) is 0 Å². The zero-order valence-electron chi connectivity index (χ0n) is 9.74. The highest BCUT2D eigenvalue weighted by Crippen LogP contribution is 2.33. The Bertz CT molecular complexity index is 676. The van der Waals surface area contributed by atoms with Crippen LogP contribution < -0.4 is 5.32 Å². The van der Waals surface area contributed by atoms with Crippen LogP contribution in [0.15, 0.2) is 30.5 Å². The summed E-state index contributed by atoms with van der Waals surface area (Å²) in [7, 11) is 0. The molecule has 2 aromatic rings. The zero-order chi connectivity index (χ0) is 14.8. The molecule has 0 radical (unpaired) electrons. The molecule has 0 fully saturated rings. The Kier molecular flexibility index (Phi) is 3.52. The Morgan fingerprint density at radius 1 is 1.20 bits per heavy atom. The summed E-state index contributed by atoms with van der Waals surface area (Å²) in [6.07, 6.45) is -3.51. The normalized spacial score (nSPS) is 10.9. The van der Waals surface area contributed by atoms with E-state index in [1.165, 1.54) is 12.3 Å². The molecule has 4 nitrogen and oxygen atoms in total. The summed E-state index contributed by atoms with van der Waals surface area (Å²) in [5.41, 5.74) is -1.37. The molecule has 0 bridgehead atoms. The Labute approximate surface area is 110 Å². The summed E-state index contributed by atoms with van der Waals surface area (Å²) in [6.45, 7) is 0. The van der Waals surface area contributed by atoms with Crippen molar-refractivity contribution in [3.05, 3.63) is 47.5 Å². The van der Waals surface area contributed by atoms with E-state index in [0.717, 1.165) is 6.07 Å². The maximum atomic E-state index is 13.1. The van der Waals surface area contributed by atoms with E-state index >= 15 is 0 Å². The van der Waals surface area contributed by atoms with Crippen LogP contribution >= 0.6 is 0 Å². The second kappa shape index (κ2) is 5.13. The van der Waals surface area contributed by atoms with Crippen molar-refractivity contribution in [1.82, 2.24) is 9.97 Å². The fourth-order valence-corrected chi connectivity index (χ4v) is 1.43. The van der Waals surface area contributed by atoms with Crippen molar-refractivity contribution in [2.75, 3.05) is 5.32 Å². The van der Waals surface area contributed by atoms with Crippen molar-refractivity contribution in [2.24, 2.45) is 0 Å². The molecule has 0 saturated carbocycles. The van der Waals surface area contributed by atoms with Crippen molar-refractivity contribution in [3.8, 4) is 6.07 Å². The number of nitrogens with one attached hydrogen (secondary N) is 1. The van der Waals surface area contributed by atoms with Crippen molar-refractivity contribution in [3.63, 3.8) is 0 Å². The van der Waals surface area contributed by atoms with Crippen molar-refractivity contribution < 1.29 is 17.6 Å². The average molecular weight is 282 g/mol. The number of halogens is 4. The molecule has 0 atom stereocenters. The molecule has 0 unspecified atom stereocenters. The maximum absolute atomic E-state index is 13.1. The van der Waals surface area contributed by atoms with E-state index in [0.29, 0.717) is 12.1 Å². The molecule has 1 aromatic heterocycles. The molecule has 0 amide bonds. The number of benzene rings is 1. The van der Waals surface area contributed by atoms with E-state index in [9.17, 15) is 17.6 Å². The standard InChI is InChI=1S/C12H6F4N4/c13-10-2-1-7(5-9(10)12(14,15)16)19-11-18-4-3-8(6-17)20-11/h1-5H,(H,18,19,20). The number of alkyl halides is 3. The molecule has 1 N–H and O–H groups in total. The predicted octanol–water partition coefficient (Wildman–Crippen LogP) is 3.25. The molecule has 8 heteroatoms. The van der Waals surface area contributed by atoms with Crippen LogP contribution in [0.3, 0.4) is 0 Å². The van der Waals surface area contributed by atoms with E-state index < -0.39 is 17.6 Å². The molecule has 20 heavy (non-hydrogen) atoms. The SMILES string of the molecule is N#Cc1ccnc(Nc2ccc(F)c(C(F)(F)F)c2)n1. The first-order chi connectivity index (χ1) is 9.40. The third-order valence-corrected chi connectivity index (χ3v) is 2.30. The van der Waals surface area contributed by atoms with Gasteiger partial charge in [0.05, 0.1) is 5.56 Å². The Balaban J connectivity index is 2.33. The maximum Gasteiger partial charge on any atom is 0.419 e. The van der Waals surface area contributed by atoms with E-state index in [2.05, 4.69) is 15.3 Å². The minimum Gasteiger partial charge on any atom is -0.324 e. The Hall–Kier alpha value is -2.69. The van der Waals surface area contributed by atoms with Gasteiger partial charge in [-0.05, 0) is 24.3 Å². The number of aromatic nitrogens is 2. The summed E-state index contributed by atoms with van der Waals surface area (Å²) in [4.78, 5) is 7.49. The van der Waals surface area contributed by atoms with Crippen LogP contribution in [0, 0.1) is 17.1 Å². The van der Waals surface area contributed by atoms with Gasteiger partial charge in [0.1, 0.15) is 17.6 Å². The summed E-state index contributed by atoms with van der Waals surface area (Å²) in [5.74, 6) is -1.42. The minimum absolute atomic E-state index is 0.0335. The number of nitrogens with zero attached hydrogens (tertiary/aromatic N) is 3. The molecule has 2 rings (SSSR count). The lowest BCUT2D eigenvalue weighted by atomic mass is 10.2. The Morgan fingerprint density at radius 3 is 2.60 bits per heavy atom. The first kappa shape index (κ1) is 13.7. The fraction of sp³-hybridized carbons (Fsp3) is 0.0833. The van der Waals surface area contributed by atoms with Gasteiger partial charge in [0.2, 0.25) is 5.95 Å². The smallest absolute Gasteiger partial charge is 0.324 e. The van der Waals surface area contributed by atoms with E-state index in [1.54, 1.807) is 6.07 Å². The van der Waals surface area contributed by atoms with Crippen molar-refractivity contribution >= 4 is 11.6 Å². The van der Waals surface area contributed by atoms with Crippen LogP contribution in [0.2, 0.25) is 0 Å². The second-order valence-corrected chi connectivity index (χ2v) is 3.69. The number of rotatable bonds is 2. The van der Waals surface area contributed by atoms with Gasteiger partial charge < -0.3 is 5.32 Å². The van der Waals surface area contributed by atoms with E-state index in [-0.39, 0.29) is 17.3 Å². The van der Waals surface area contributed by atoms with Gasteiger partial charge in [-0.15, -0.1) is 0 Å². The number of nitriles is 1. The summed E-state index contributed by atoms with van der Waals surface area (Å²) in [5, 5.41) is 11.1. The highest BCUT2D eigenvalue weighted by atomic mass is 19.4. The molecule has 0 saturated heterocycles. The van der Waals surface area contributed by atoms with Crippen molar-refractivity contribution in [2.45, 2.75) is 6.18 Å². The molecule has 1 heterocycles. The Morgan fingerprint density at radius 2 is 1.95 bits per heavy atom. The van der Waals surface area contributed by atoms with Gasteiger partial charge >= 0.3 is 6.18 Å². The summed E-state index contributed by atoms with van der Waals surface area (Å²) < 4.78 is 50.7. The highest BCUT2D eigenvalue weighted by Gasteiger charge is 2.34. The summed E-state index contributed by atoms with van der Waals surface area (Å²) >= 11 is 0. The van der Waals surface area contributed by atoms with Crippen LogP contribution in [0.5, 0.6) is 0 Å². The number of hydrogen-bond donors (Lipinski definition) is 1. The first-order valence-electron chi connectivity index (χ1n) is 5.27. The molecule has 102 valence electrons. The largest absolute Gasteiger partial charge is 0.419 e. The molecular formula is C12H6F4N4. The number of anilines is 2. The van der Waals surface area contributed by atoms with Gasteiger partial charge in [-0.25, -0.2) is 14.4 Å². The lowest BCUT2D eigenvalue weighted by Crippen LogP contribution is -2.09. The molecule has 0 spiro atoms. The van der Waals surface area contributed by atoms with Crippen LogP contribution in [0.1, 0.15) is 11.3 Å². The molecule has 0 aliphatic rings. The van der Waals surface area contributed by atoms with Gasteiger partial charge in [-0.3, -0.25) is 0 Å². The lowest BCUT2D eigenvalue weighted by molar-refractivity contribution is -0.139. The molecule has 0 aliphatic carbocycles. The van der Waals surface area contributed by atoms with Crippen LogP contribution in [-0.4, -0.2) is 9.97 Å². The van der Waals surface area contributed by atoms with Crippen molar-refractivity contribution in [1.29, 1.82) is 5.26 Å². The second-order valence-electron chi connectivity index (χ2n) is 3.69. The lowest BCUT2D eigenvalue weighted by Gasteiger charge is -2.10. The predicted molar refractivity (Wildman–Crippen MR) is 61.4 cm³/mol.